The van der Waals surface area contributed by atoms with E-state index in [0.717, 1.165) is 33.0 Å². The summed E-state index contributed by atoms with van der Waals surface area (Å²) in [6.45, 7) is 0. The Balaban J connectivity index is 2.05. The molecule has 4 aromatic rings. The summed E-state index contributed by atoms with van der Waals surface area (Å²) in [5, 5.41) is 2.13. The fourth-order valence-corrected chi connectivity index (χ4v) is 5.79. The van der Waals surface area contributed by atoms with Gasteiger partial charge in [0, 0.05) is 0 Å². The Hall–Kier alpha value is -2.18. The minimum absolute atomic E-state index is 0.438. The van der Waals surface area contributed by atoms with Crippen molar-refractivity contribution in [2.75, 3.05) is 0 Å². The molecule has 0 fully saturated rings. The molecule has 0 amide bonds. The van der Waals surface area contributed by atoms with Gasteiger partial charge in [0.05, 0.1) is 0 Å². The quantitative estimate of drug-likeness (QED) is 0.327. The van der Waals surface area contributed by atoms with Crippen molar-refractivity contribution in [1.82, 2.24) is 0 Å². The monoisotopic (exact) mass is 436 g/mol. The van der Waals surface area contributed by atoms with Gasteiger partial charge in [0.1, 0.15) is 0 Å². The van der Waals surface area contributed by atoms with E-state index in [1.54, 1.807) is 0 Å². The second-order valence-electron chi connectivity index (χ2n) is 5.38. The molecule has 0 bridgehead atoms. The van der Waals surface area contributed by atoms with Crippen LogP contribution in [0.3, 0.4) is 0 Å². The average molecular weight is 434 g/mol. The molecule has 0 nitrogen and oxygen atoms in total. The number of rotatable bonds is 2. The van der Waals surface area contributed by atoms with Gasteiger partial charge in [-0.1, -0.05) is 0 Å². The maximum atomic E-state index is 5.87. The normalized spacial score (nSPS) is 10.4. The van der Waals surface area contributed by atoms with Crippen LogP contribution < -0.4 is 0 Å². The van der Waals surface area contributed by atoms with Crippen molar-refractivity contribution in [2.24, 2.45) is 0 Å². The van der Waals surface area contributed by atoms with Crippen molar-refractivity contribution in [2.45, 2.75) is 0 Å². The van der Waals surface area contributed by atoms with Gasteiger partial charge in [-0.2, -0.15) is 0 Å². The maximum absolute atomic E-state index is 5.87. The van der Waals surface area contributed by atoms with E-state index in [-0.39, 0.29) is 0 Å². The Morgan fingerprint density at radius 3 is 1.42 bits per heavy atom. The molecule has 24 heavy (non-hydrogen) atoms. The van der Waals surface area contributed by atoms with Gasteiger partial charge in [0.15, 0.2) is 0 Å². The van der Waals surface area contributed by atoms with E-state index in [2.05, 4.69) is 68.0 Å². The fraction of sp³-hybridized carbons (Fsp3) is 0. The van der Waals surface area contributed by atoms with Gasteiger partial charge in [-0.25, -0.2) is 0 Å². The minimum atomic E-state index is 0.438. The Bertz CT molecular complexity index is 1010. The van der Waals surface area contributed by atoms with Crippen LogP contribution in [0.25, 0.3) is 33.0 Å². The van der Waals surface area contributed by atoms with Crippen LogP contribution in [0, 0.1) is 24.7 Å². The van der Waals surface area contributed by atoms with Crippen LogP contribution in [0.15, 0.2) is 56.2 Å². The average Bonchev–Trinajstić information content (AvgIpc) is 3.32. The van der Waals surface area contributed by atoms with Gasteiger partial charge in [0.2, 0.25) is 0 Å². The first kappa shape index (κ1) is 15.4. The summed E-state index contributed by atoms with van der Waals surface area (Å²) >= 11 is 0.875. The Morgan fingerprint density at radius 2 is 1.08 bits per heavy atom. The van der Waals surface area contributed by atoms with Crippen LogP contribution in [-0.2, 0) is 0 Å². The summed E-state index contributed by atoms with van der Waals surface area (Å²) in [6.07, 6.45) is 11.7. The SMILES string of the molecule is C#Cc1c(-c2cc[se]c2)ccc2c(C#C)c(-c3cc[se]c3)ccc12. The van der Waals surface area contributed by atoms with Crippen molar-refractivity contribution < 1.29 is 0 Å². The van der Waals surface area contributed by atoms with Gasteiger partial charge in [0.25, 0.3) is 0 Å². The molecule has 0 radical (unpaired) electrons. The molecule has 4 rings (SSSR count). The van der Waals surface area contributed by atoms with Gasteiger partial charge < -0.3 is 0 Å². The molecule has 0 saturated heterocycles. The van der Waals surface area contributed by atoms with E-state index in [1.807, 2.05) is 0 Å². The van der Waals surface area contributed by atoms with Crippen LogP contribution in [0.4, 0.5) is 0 Å². The van der Waals surface area contributed by atoms with E-state index in [1.165, 1.54) is 11.1 Å². The van der Waals surface area contributed by atoms with Crippen molar-refractivity contribution in [3.63, 3.8) is 0 Å². The zero-order chi connectivity index (χ0) is 16.5. The van der Waals surface area contributed by atoms with Gasteiger partial charge in [-0.15, -0.1) is 0 Å². The third-order valence-corrected chi connectivity index (χ3v) is 7.02. The molecule has 2 aromatic carbocycles. The molecule has 2 heterocycles. The van der Waals surface area contributed by atoms with Crippen LogP contribution in [0.2, 0.25) is 0 Å². The summed E-state index contributed by atoms with van der Waals surface area (Å²) in [5.74, 6) is 5.79. The molecular formula is C22H12Se2. The third kappa shape index (κ3) is 2.42. The molecule has 0 unspecified atom stereocenters. The summed E-state index contributed by atoms with van der Waals surface area (Å²) in [4.78, 5) is 8.95. The topological polar surface area (TPSA) is 0 Å². The predicted octanol–water partition coefficient (Wildman–Crippen LogP) is 4.25. The zero-order valence-corrected chi connectivity index (χ0v) is 16.2. The molecular weight excluding hydrogens is 422 g/mol. The van der Waals surface area contributed by atoms with Gasteiger partial charge >= 0.3 is 154 Å². The molecule has 2 aromatic heterocycles. The van der Waals surface area contributed by atoms with Gasteiger partial charge in [-0.05, 0) is 0 Å². The zero-order valence-electron chi connectivity index (χ0n) is 12.7. The second kappa shape index (κ2) is 6.37. The van der Waals surface area contributed by atoms with E-state index >= 15 is 0 Å². The van der Waals surface area contributed by atoms with E-state index < -0.39 is 0 Å². The first-order chi connectivity index (χ1) is 11.8. The molecule has 0 saturated carbocycles. The Labute approximate surface area is 153 Å². The first-order valence-corrected chi connectivity index (χ1v) is 11.4. The number of hydrogen-bond donors (Lipinski definition) is 0. The van der Waals surface area contributed by atoms with Gasteiger partial charge in [-0.3, -0.25) is 0 Å². The molecule has 0 atom stereocenters. The summed E-state index contributed by atoms with van der Waals surface area (Å²) in [6, 6.07) is 12.8. The molecule has 0 N–H and O–H groups in total. The molecule has 112 valence electrons. The van der Waals surface area contributed by atoms with E-state index in [4.69, 9.17) is 12.8 Å². The summed E-state index contributed by atoms with van der Waals surface area (Å²) in [5.41, 5.74) is 6.56. The molecule has 0 aliphatic heterocycles. The number of benzene rings is 2. The van der Waals surface area contributed by atoms with E-state index in [9.17, 15) is 0 Å². The van der Waals surface area contributed by atoms with Crippen molar-refractivity contribution >= 4 is 39.8 Å². The standard InChI is InChI=1S/C22H12Se2/c1-3-17-19(15-9-11-23-13-15)5-8-22-18(4-2)20(6-7-21(17)22)16-10-12-24-14-16/h1-2,5-14H. The molecule has 0 spiro atoms. The van der Waals surface area contributed by atoms with E-state index in [0.29, 0.717) is 29.0 Å². The number of fused-ring (bicyclic) bond motifs is 1. The molecule has 0 aliphatic carbocycles. The number of hydrogen-bond acceptors (Lipinski definition) is 0. The van der Waals surface area contributed by atoms with Crippen molar-refractivity contribution in [1.29, 1.82) is 0 Å². The molecule has 0 aliphatic rings. The van der Waals surface area contributed by atoms with Crippen molar-refractivity contribution in [3.05, 3.63) is 67.3 Å². The van der Waals surface area contributed by atoms with Crippen LogP contribution in [-0.4, -0.2) is 29.0 Å². The Morgan fingerprint density at radius 1 is 0.625 bits per heavy atom. The second-order valence-corrected chi connectivity index (χ2v) is 8.66. The third-order valence-electron chi connectivity index (χ3n) is 4.15. The van der Waals surface area contributed by atoms with Crippen LogP contribution in [0.1, 0.15) is 11.1 Å². The molecule has 2 heteroatoms. The first-order valence-electron chi connectivity index (χ1n) is 7.41. The fourth-order valence-electron chi connectivity index (χ4n) is 3.03. The van der Waals surface area contributed by atoms with Crippen LogP contribution in [0.5, 0.6) is 0 Å². The van der Waals surface area contributed by atoms with Crippen LogP contribution >= 0.6 is 0 Å². The summed E-state index contributed by atoms with van der Waals surface area (Å²) in [7, 11) is 0. The van der Waals surface area contributed by atoms with Crippen molar-refractivity contribution in [3.8, 4) is 46.9 Å². The predicted molar refractivity (Wildman–Crippen MR) is 105 cm³/mol. The summed E-state index contributed by atoms with van der Waals surface area (Å²) < 4.78 is 0. The Kier molecular flexibility index (Phi) is 4.08. The number of terminal acetylenes is 2.